The second-order valence-corrected chi connectivity index (χ2v) is 7.03. The highest BCUT2D eigenvalue weighted by Crippen LogP contribution is 2.37. The molecule has 0 radical (unpaired) electrons. The molecule has 0 amide bonds. The van der Waals surface area contributed by atoms with Crippen molar-refractivity contribution in [3.63, 3.8) is 0 Å². The third kappa shape index (κ3) is 3.53. The fourth-order valence-corrected chi connectivity index (χ4v) is 3.60. The van der Waals surface area contributed by atoms with E-state index in [-0.39, 0.29) is 11.4 Å². The second-order valence-electron chi connectivity index (χ2n) is 7.03. The predicted octanol–water partition coefficient (Wildman–Crippen LogP) is 5.50. The van der Waals surface area contributed by atoms with Gasteiger partial charge >= 0.3 is 6.18 Å². The molecule has 3 aromatic carbocycles. The standard InChI is InChI=1S/C22H15F4N5/c23-12-9-10-18-15(11-12)21(31-30-18)29-20-14-6-2-4-8-17(14)27-19(28-20)13-5-1-3-7-16(13)22(24,25)26/h1-11,21,30-31H,(H,27,28,29). The molecule has 1 aliphatic rings. The molecule has 1 aliphatic heterocycles. The number of hydrazine groups is 1. The zero-order valence-corrected chi connectivity index (χ0v) is 15.8. The van der Waals surface area contributed by atoms with Crippen LogP contribution in [0.1, 0.15) is 17.3 Å². The number of aromatic nitrogens is 2. The summed E-state index contributed by atoms with van der Waals surface area (Å²) in [5.41, 5.74) is 6.81. The van der Waals surface area contributed by atoms with E-state index in [4.69, 9.17) is 0 Å². The van der Waals surface area contributed by atoms with Crippen LogP contribution in [-0.2, 0) is 6.18 Å². The molecule has 0 saturated heterocycles. The Hall–Kier alpha value is -3.72. The Labute approximate surface area is 174 Å². The number of fused-ring (bicyclic) bond motifs is 2. The van der Waals surface area contributed by atoms with E-state index in [1.54, 1.807) is 30.3 Å². The molecule has 9 heteroatoms. The third-order valence-corrected chi connectivity index (χ3v) is 5.03. The van der Waals surface area contributed by atoms with E-state index in [9.17, 15) is 17.6 Å². The molecule has 0 spiro atoms. The van der Waals surface area contributed by atoms with Gasteiger partial charge in [0.2, 0.25) is 0 Å². The lowest BCUT2D eigenvalue weighted by Crippen LogP contribution is -2.26. The molecule has 5 nitrogen and oxygen atoms in total. The first-order valence-corrected chi connectivity index (χ1v) is 9.41. The van der Waals surface area contributed by atoms with Crippen LogP contribution in [0.5, 0.6) is 0 Å². The maximum atomic E-state index is 13.8. The summed E-state index contributed by atoms with van der Waals surface area (Å²) in [6, 6.07) is 16.5. The summed E-state index contributed by atoms with van der Waals surface area (Å²) in [5.74, 6) is -0.128. The fraction of sp³-hybridized carbons (Fsp3) is 0.0909. The highest BCUT2D eigenvalue weighted by molar-refractivity contribution is 5.91. The van der Waals surface area contributed by atoms with E-state index in [0.717, 1.165) is 6.07 Å². The summed E-state index contributed by atoms with van der Waals surface area (Å²) in [5, 5.41) is 3.79. The third-order valence-electron chi connectivity index (χ3n) is 5.03. The maximum Gasteiger partial charge on any atom is 0.417 e. The van der Waals surface area contributed by atoms with Crippen LogP contribution in [0.15, 0.2) is 66.7 Å². The van der Waals surface area contributed by atoms with E-state index in [1.165, 1.54) is 30.3 Å². The smallest absolute Gasteiger partial charge is 0.349 e. The SMILES string of the molecule is Fc1ccc2c(c1)C(Nc1nc(-c3ccccc3C(F)(F)F)nc3ccccc13)NN2. The molecule has 1 aromatic heterocycles. The van der Waals surface area contributed by atoms with Crippen molar-refractivity contribution in [1.82, 2.24) is 15.4 Å². The van der Waals surface area contributed by atoms with E-state index >= 15 is 0 Å². The average Bonchev–Trinajstić information content (AvgIpc) is 3.15. The molecule has 1 atom stereocenters. The van der Waals surface area contributed by atoms with Gasteiger partial charge in [-0.05, 0) is 36.4 Å². The Kier molecular flexibility index (Phi) is 4.48. The Morgan fingerprint density at radius 3 is 2.52 bits per heavy atom. The molecule has 4 aromatic rings. The van der Waals surface area contributed by atoms with Gasteiger partial charge in [-0.3, -0.25) is 0 Å². The average molecular weight is 425 g/mol. The highest BCUT2D eigenvalue weighted by atomic mass is 19.4. The van der Waals surface area contributed by atoms with E-state index < -0.39 is 23.7 Å². The number of hydrogen-bond acceptors (Lipinski definition) is 5. The van der Waals surface area contributed by atoms with Crippen LogP contribution >= 0.6 is 0 Å². The summed E-state index contributed by atoms with van der Waals surface area (Å²) in [4.78, 5) is 8.79. The molecule has 1 unspecified atom stereocenters. The van der Waals surface area contributed by atoms with Crippen LogP contribution in [0.3, 0.4) is 0 Å². The number of hydrogen-bond donors (Lipinski definition) is 3. The van der Waals surface area contributed by atoms with Crippen molar-refractivity contribution in [1.29, 1.82) is 0 Å². The van der Waals surface area contributed by atoms with Crippen molar-refractivity contribution in [2.45, 2.75) is 12.3 Å². The van der Waals surface area contributed by atoms with Crippen molar-refractivity contribution >= 4 is 22.4 Å². The van der Waals surface area contributed by atoms with Gasteiger partial charge in [0.25, 0.3) is 0 Å². The van der Waals surface area contributed by atoms with Gasteiger partial charge in [-0.25, -0.2) is 19.8 Å². The number of benzene rings is 3. The van der Waals surface area contributed by atoms with Crippen LogP contribution in [-0.4, -0.2) is 9.97 Å². The lowest BCUT2D eigenvalue weighted by Gasteiger charge is -2.18. The van der Waals surface area contributed by atoms with E-state index in [2.05, 4.69) is 26.1 Å². The number of alkyl halides is 3. The van der Waals surface area contributed by atoms with Gasteiger partial charge in [-0.15, -0.1) is 0 Å². The zero-order chi connectivity index (χ0) is 21.6. The Morgan fingerprint density at radius 2 is 1.68 bits per heavy atom. The van der Waals surface area contributed by atoms with E-state index in [1.807, 2.05) is 0 Å². The van der Waals surface area contributed by atoms with Crippen molar-refractivity contribution in [2.24, 2.45) is 0 Å². The largest absolute Gasteiger partial charge is 0.417 e. The summed E-state index contributed by atoms with van der Waals surface area (Å²) in [7, 11) is 0. The maximum absolute atomic E-state index is 13.8. The highest BCUT2D eigenvalue weighted by Gasteiger charge is 2.34. The monoisotopic (exact) mass is 425 g/mol. The first-order valence-electron chi connectivity index (χ1n) is 9.41. The van der Waals surface area contributed by atoms with Crippen LogP contribution < -0.4 is 16.2 Å². The Balaban J connectivity index is 1.63. The molecule has 2 heterocycles. The minimum Gasteiger partial charge on any atom is -0.349 e. The van der Waals surface area contributed by atoms with Gasteiger partial charge in [0.1, 0.15) is 17.8 Å². The van der Waals surface area contributed by atoms with Crippen LogP contribution in [0, 0.1) is 5.82 Å². The topological polar surface area (TPSA) is 61.9 Å². The summed E-state index contributed by atoms with van der Waals surface area (Å²) < 4.78 is 54.4. The number of para-hydroxylation sites is 1. The van der Waals surface area contributed by atoms with Gasteiger partial charge in [-0.1, -0.05) is 30.3 Å². The van der Waals surface area contributed by atoms with Gasteiger partial charge in [0, 0.05) is 16.5 Å². The lowest BCUT2D eigenvalue weighted by atomic mass is 10.1. The fourth-order valence-electron chi connectivity index (χ4n) is 3.60. The first kappa shape index (κ1) is 19.3. The van der Waals surface area contributed by atoms with Crippen LogP contribution in [0.2, 0.25) is 0 Å². The lowest BCUT2D eigenvalue weighted by molar-refractivity contribution is -0.137. The summed E-state index contributed by atoms with van der Waals surface area (Å²) >= 11 is 0. The molecule has 0 fully saturated rings. The van der Waals surface area contributed by atoms with Gasteiger partial charge < -0.3 is 10.7 Å². The van der Waals surface area contributed by atoms with Gasteiger partial charge in [0.05, 0.1) is 16.8 Å². The second kappa shape index (κ2) is 7.21. The van der Waals surface area contributed by atoms with Crippen molar-refractivity contribution in [3.8, 4) is 11.4 Å². The predicted molar refractivity (Wildman–Crippen MR) is 109 cm³/mol. The Bertz CT molecular complexity index is 1290. The minimum atomic E-state index is -4.55. The molecular formula is C22H15F4N5. The van der Waals surface area contributed by atoms with Crippen molar-refractivity contribution < 1.29 is 17.6 Å². The van der Waals surface area contributed by atoms with Crippen LogP contribution in [0.4, 0.5) is 29.1 Å². The molecule has 156 valence electrons. The minimum absolute atomic E-state index is 0.0560. The number of nitrogens with zero attached hydrogens (tertiary/aromatic N) is 2. The van der Waals surface area contributed by atoms with Gasteiger partial charge in [-0.2, -0.15) is 13.2 Å². The number of rotatable bonds is 3. The van der Waals surface area contributed by atoms with Crippen LogP contribution in [0.25, 0.3) is 22.3 Å². The molecular weight excluding hydrogens is 410 g/mol. The molecule has 0 aliphatic carbocycles. The first-order chi connectivity index (χ1) is 14.9. The summed E-state index contributed by atoms with van der Waals surface area (Å²) in [6.07, 6.45) is -5.10. The number of halogens is 4. The normalized spacial score (nSPS) is 15.5. The molecule has 0 bridgehead atoms. The molecule has 5 rings (SSSR count). The van der Waals surface area contributed by atoms with Crippen molar-refractivity contribution in [2.75, 3.05) is 10.7 Å². The summed E-state index contributed by atoms with van der Waals surface area (Å²) in [6.45, 7) is 0. The van der Waals surface area contributed by atoms with E-state index in [0.29, 0.717) is 28.0 Å². The van der Waals surface area contributed by atoms with Crippen molar-refractivity contribution in [3.05, 3.63) is 83.7 Å². The molecule has 0 saturated carbocycles. The number of nitrogens with one attached hydrogen (secondary N) is 3. The quantitative estimate of drug-likeness (QED) is 0.379. The van der Waals surface area contributed by atoms with Gasteiger partial charge in [0.15, 0.2) is 5.82 Å². The Morgan fingerprint density at radius 1 is 0.903 bits per heavy atom. The zero-order valence-electron chi connectivity index (χ0n) is 15.8. The number of anilines is 2. The molecule has 3 N–H and O–H groups in total. The molecule has 31 heavy (non-hydrogen) atoms.